The Bertz CT molecular complexity index is 456. The van der Waals surface area contributed by atoms with Gasteiger partial charge in [0.1, 0.15) is 0 Å². The minimum atomic E-state index is -0.491. The first-order chi connectivity index (χ1) is 8.58. The highest BCUT2D eigenvalue weighted by atomic mass is 16.3. The van der Waals surface area contributed by atoms with E-state index in [4.69, 9.17) is 0 Å². The summed E-state index contributed by atoms with van der Waals surface area (Å²) >= 11 is 0. The monoisotopic (exact) mass is 245 g/mol. The maximum atomic E-state index is 11.0. The second kappa shape index (κ2) is 4.36. The first kappa shape index (κ1) is 12.2. The first-order valence-corrected chi connectivity index (χ1v) is 7.11. The van der Waals surface area contributed by atoms with E-state index in [2.05, 4.69) is 36.9 Å². The lowest BCUT2D eigenvalue weighted by Crippen LogP contribution is -2.43. The molecule has 2 aliphatic rings. The smallest absolute Gasteiger partial charge is 0.0854 e. The van der Waals surface area contributed by atoms with Gasteiger partial charge in [0.2, 0.25) is 0 Å². The van der Waals surface area contributed by atoms with Crippen LogP contribution < -0.4 is 0 Å². The van der Waals surface area contributed by atoms with E-state index in [0.717, 1.165) is 19.4 Å². The van der Waals surface area contributed by atoms with Crippen LogP contribution in [0.15, 0.2) is 18.2 Å². The molecule has 0 bridgehead atoms. The van der Waals surface area contributed by atoms with E-state index in [1.807, 2.05) is 0 Å². The lowest BCUT2D eigenvalue weighted by atomic mass is 9.84. The van der Waals surface area contributed by atoms with Crippen LogP contribution in [0, 0.1) is 13.8 Å². The van der Waals surface area contributed by atoms with Gasteiger partial charge in [-0.1, -0.05) is 23.8 Å². The number of aryl methyl sites for hydroxylation is 2. The molecular formula is C16H23NO. The molecule has 1 aromatic rings. The number of fused-ring (bicyclic) bond motifs is 1. The number of benzene rings is 1. The van der Waals surface area contributed by atoms with Crippen molar-refractivity contribution >= 4 is 0 Å². The Balaban J connectivity index is 1.85. The third-order valence-corrected chi connectivity index (χ3v) is 4.82. The Morgan fingerprint density at radius 1 is 1.33 bits per heavy atom. The fourth-order valence-corrected chi connectivity index (χ4v) is 3.73. The van der Waals surface area contributed by atoms with Crippen LogP contribution in [0.1, 0.15) is 36.0 Å². The molecule has 0 aromatic heterocycles. The van der Waals surface area contributed by atoms with Gasteiger partial charge in [0.05, 0.1) is 5.60 Å². The average Bonchev–Trinajstić information content (AvgIpc) is 2.89. The van der Waals surface area contributed by atoms with Crippen LogP contribution in [0.25, 0.3) is 0 Å². The standard InChI is InChI=1S/C16H23NO/c1-12-5-6-13(2)14(10-12)11-16(18)7-9-17-8-3-4-15(16)17/h5-6,10,15,18H,3-4,7-9,11H2,1-2H3. The topological polar surface area (TPSA) is 23.5 Å². The van der Waals surface area contributed by atoms with Crippen molar-refractivity contribution in [2.45, 2.75) is 51.2 Å². The summed E-state index contributed by atoms with van der Waals surface area (Å²) in [5.41, 5.74) is 3.44. The van der Waals surface area contributed by atoms with E-state index in [1.54, 1.807) is 0 Å². The van der Waals surface area contributed by atoms with Crippen molar-refractivity contribution in [3.8, 4) is 0 Å². The zero-order valence-electron chi connectivity index (χ0n) is 11.4. The van der Waals surface area contributed by atoms with Crippen molar-refractivity contribution in [2.75, 3.05) is 13.1 Å². The van der Waals surface area contributed by atoms with Crippen molar-refractivity contribution in [1.82, 2.24) is 4.90 Å². The molecule has 2 heterocycles. The van der Waals surface area contributed by atoms with Gasteiger partial charge in [-0.2, -0.15) is 0 Å². The summed E-state index contributed by atoms with van der Waals surface area (Å²) in [4.78, 5) is 2.48. The molecule has 3 rings (SSSR count). The number of rotatable bonds is 2. The van der Waals surface area contributed by atoms with Crippen molar-refractivity contribution in [3.05, 3.63) is 34.9 Å². The predicted octanol–water partition coefficient (Wildman–Crippen LogP) is 2.45. The Hall–Kier alpha value is -0.860. The molecule has 2 heteroatoms. The van der Waals surface area contributed by atoms with E-state index in [1.165, 1.54) is 36.1 Å². The molecule has 0 aliphatic carbocycles. The van der Waals surface area contributed by atoms with Crippen LogP contribution in [-0.4, -0.2) is 34.7 Å². The highest BCUT2D eigenvalue weighted by molar-refractivity contribution is 5.32. The summed E-state index contributed by atoms with van der Waals surface area (Å²) in [5.74, 6) is 0. The maximum absolute atomic E-state index is 11.0. The number of aliphatic hydroxyl groups is 1. The zero-order chi connectivity index (χ0) is 12.8. The Morgan fingerprint density at radius 3 is 3.00 bits per heavy atom. The highest BCUT2D eigenvalue weighted by Gasteiger charge is 2.47. The minimum Gasteiger partial charge on any atom is -0.388 e. The second-order valence-corrected chi connectivity index (χ2v) is 6.15. The van der Waals surface area contributed by atoms with E-state index in [-0.39, 0.29) is 0 Å². The van der Waals surface area contributed by atoms with E-state index >= 15 is 0 Å². The van der Waals surface area contributed by atoms with Gasteiger partial charge in [-0.05, 0) is 50.8 Å². The number of hydrogen-bond donors (Lipinski definition) is 1. The molecule has 0 spiro atoms. The molecule has 1 N–H and O–H groups in total. The zero-order valence-corrected chi connectivity index (χ0v) is 11.4. The second-order valence-electron chi connectivity index (χ2n) is 6.15. The SMILES string of the molecule is Cc1ccc(C)c(CC2(O)CCN3CCCC32)c1. The Kier molecular flexibility index (Phi) is 2.95. The van der Waals surface area contributed by atoms with Gasteiger partial charge in [0.15, 0.2) is 0 Å². The van der Waals surface area contributed by atoms with E-state index in [9.17, 15) is 5.11 Å². The molecule has 2 aliphatic heterocycles. The summed E-state index contributed by atoms with van der Waals surface area (Å²) in [7, 11) is 0. The normalized spacial score (nSPS) is 31.8. The quantitative estimate of drug-likeness (QED) is 0.865. The summed E-state index contributed by atoms with van der Waals surface area (Å²) in [5, 5.41) is 11.0. The van der Waals surface area contributed by atoms with Crippen molar-refractivity contribution in [1.29, 1.82) is 0 Å². The Morgan fingerprint density at radius 2 is 2.17 bits per heavy atom. The molecule has 2 saturated heterocycles. The predicted molar refractivity (Wildman–Crippen MR) is 73.8 cm³/mol. The van der Waals surface area contributed by atoms with Gasteiger partial charge in [-0.15, -0.1) is 0 Å². The summed E-state index contributed by atoms with van der Waals surface area (Å²) < 4.78 is 0. The van der Waals surface area contributed by atoms with Gasteiger partial charge in [0.25, 0.3) is 0 Å². The van der Waals surface area contributed by atoms with Crippen LogP contribution in [0.2, 0.25) is 0 Å². The summed E-state index contributed by atoms with van der Waals surface area (Å²) in [6, 6.07) is 6.97. The Labute approximate surface area is 110 Å². The average molecular weight is 245 g/mol. The molecule has 2 fully saturated rings. The molecule has 2 atom stereocenters. The summed E-state index contributed by atoms with van der Waals surface area (Å²) in [6.07, 6.45) is 4.17. The third-order valence-electron chi connectivity index (χ3n) is 4.82. The van der Waals surface area contributed by atoms with Crippen LogP contribution in [0.3, 0.4) is 0 Å². The summed E-state index contributed by atoms with van der Waals surface area (Å²) in [6.45, 7) is 6.54. The molecule has 2 unspecified atom stereocenters. The van der Waals surface area contributed by atoms with Crippen LogP contribution >= 0.6 is 0 Å². The molecule has 1 aromatic carbocycles. The molecule has 98 valence electrons. The van der Waals surface area contributed by atoms with Gasteiger partial charge in [-0.25, -0.2) is 0 Å². The molecule has 0 radical (unpaired) electrons. The maximum Gasteiger partial charge on any atom is 0.0854 e. The van der Waals surface area contributed by atoms with Gasteiger partial charge < -0.3 is 5.11 Å². The van der Waals surface area contributed by atoms with Crippen LogP contribution in [-0.2, 0) is 6.42 Å². The molecular weight excluding hydrogens is 222 g/mol. The van der Waals surface area contributed by atoms with Crippen molar-refractivity contribution in [3.63, 3.8) is 0 Å². The fraction of sp³-hybridized carbons (Fsp3) is 0.625. The lowest BCUT2D eigenvalue weighted by Gasteiger charge is -2.30. The van der Waals surface area contributed by atoms with Crippen LogP contribution in [0.4, 0.5) is 0 Å². The number of hydrogen-bond acceptors (Lipinski definition) is 2. The van der Waals surface area contributed by atoms with Crippen LogP contribution in [0.5, 0.6) is 0 Å². The molecule has 0 saturated carbocycles. The fourth-order valence-electron chi connectivity index (χ4n) is 3.73. The van der Waals surface area contributed by atoms with Gasteiger partial charge >= 0.3 is 0 Å². The van der Waals surface area contributed by atoms with Crippen molar-refractivity contribution in [2.24, 2.45) is 0 Å². The van der Waals surface area contributed by atoms with E-state index in [0.29, 0.717) is 6.04 Å². The van der Waals surface area contributed by atoms with Gasteiger partial charge in [-0.3, -0.25) is 4.90 Å². The molecule has 2 nitrogen and oxygen atoms in total. The van der Waals surface area contributed by atoms with Gasteiger partial charge in [0, 0.05) is 19.0 Å². The third kappa shape index (κ3) is 1.98. The van der Waals surface area contributed by atoms with Crippen molar-refractivity contribution < 1.29 is 5.11 Å². The van der Waals surface area contributed by atoms with E-state index < -0.39 is 5.60 Å². The largest absolute Gasteiger partial charge is 0.388 e. The highest BCUT2D eigenvalue weighted by Crippen LogP contribution is 2.38. The molecule has 18 heavy (non-hydrogen) atoms. The number of nitrogens with zero attached hydrogens (tertiary/aromatic N) is 1. The minimum absolute atomic E-state index is 0.400. The molecule has 0 amide bonds. The lowest BCUT2D eigenvalue weighted by molar-refractivity contribution is 0.0139. The first-order valence-electron chi connectivity index (χ1n) is 7.11.